The summed E-state index contributed by atoms with van der Waals surface area (Å²) in [5, 5.41) is 0. The first-order valence-electron chi connectivity index (χ1n) is 6.89. The molecule has 0 spiro atoms. The molecule has 0 aliphatic rings. The molecule has 0 aliphatic heterocycles. The Morgan fingerprint density at radius 2 is 1.94 bits per heavy atom. The number of nitrogens with zero attached hydrogens (tertiary/aromatic N) is 2. The molecule has 0 radical (unpaired) electrons. The monoisotopic (exact) mass is 249 g/mol. The van der Waals surface area contributed by atoms with E-state index in [9.17, 15) is 0 Å². The Hall–Kier alpha value is -0.930. The van der Waals surface area contributed by atoms with Gasteiger partial charge in [0.15, 0.2) is 0 Å². The van der Waals surface area contributed by atoms with Crippen molar-refractivity contribution in [1.29, 1.82) is 0 Å². The van der Waals surface area contributed by atoms with Crippen molar-refractivity contribution in [2.24, 2.45) is 11.1 Å². The Labute approximate surface area is 111 Å². The van der Waals surface area contributed by atoms with Crippen LogP contribution in [0.1, 0.15) is 39.2 Å². The number of hydrogen-bond donors (Lipinski definition) is 1. The first kappa shape index (κ1) is 15.1. The van der Waals surface area contributed by atoms with Crippen molar-refractivity contribution in [3.8, 4) is 0 Å². The molecule has 0 bridgehead atoms. The van der Waals surface area contributed by atoms with Crippen LogP contribution in [0.5, 0.6) is 0 Å². The molecule has 0 saturated heterocycles. The van der Waals surface area contributed by atoms with E-state index in [1.165, 1.54) is 18.4 Å². The maximum Gasteiger partial charge on any atom is 0.0271 e. The van der Waals surface area contributed by atoms with E-state index in [-0.39, 0.29) is 5.41 Å². The predicted octanol–water partition coefficient (Wildman–Crippen LogP) is 2.67. The van der Waals surface area contributed by atoms with Gasteiger partial charge in [0.2, 0.25) is 0 Å². The van der Waals surface area contributed by atoms with E-state index in [2.05, 4.69) is 42.8 Å². The fourth-order valence-electron chi connectivity index (χ4n) is 1.98. The molecule has 1 heterocycles. The summed E-state index contributed by atoms with van der Waals surface area (Å²) in [6, 6.07) is 4.18. The van der Waals surface area contributed by atoms with Crippen molar-refractivity contribution in [2.45, 2.75) is 40.2 Å². The number of aromatic nitrogens is 1. The second-order valence-corrected chi connectivity index (χ2v) is 5.70. The normalized spacial score (nSPS) is 12.1. The minimum Gasteiger partial charge on any atom is -0.330 e. The van der Waals surface area contributed by atoms with Crippen molar-refractivity contribution in [3.63, 3.8) is 0 Å². The zero-order chi connectivity index (χ0) is 13.4. The van der Waals surface area contributed by atoms with Gasteiger partial charge in [0, 0.05) is 18.9 Å². The average molecular weight is 249 g/mol. The zero-order valence-corrected chi connectivity index (χ0v) is 12.0. The van der Waals surface area contributed by atoms with Gasteiger partial charge in [0.05, 0.1) is 0 Å². The summed E-state index contributed by atoms with van der Waals surface area (Å²) in [7, 11) is 0. The van der Waals surface area contributed by atoms with Gasteiger partial charge in [-0.1, -0.05) is 20.8 Å². The van der Waals surface area contributed by atoms with Gasteiger partial charge in [0.1, 0.15) is 0 Å². The summed E-state index contributed by atoms with van der Waals surface area (Å²) < 4.78 is 0. The topological polar surface area (TPSA) is 42.1 Å². The van der Waals surface area contributed by atoms with Crippen molar-refractivity contribution in [1.82, 2.24) is 9.88 Å². The molecular formula is C15H27N3. The minimum absolute atomic E-state index is 0.274. The van der Waals surface area contributed by atoms with Crippen LogP contribution < -0.4 is 5.73 Å². The van der Waals surface area contributed by atoms with Crippen LogP contribution in [-0.2, 0) is 6.54 Å². The van der Waals surface area contributed by atoms with Crippen LogP contribution in [0.2, 0.25) is 0 Å². The van der Waals surface area contributed by atoms with E-state index < -0.39 is 0 Å². The van der Waals surface area contributed by atoms with Crippen molar-refractivity contribution >= 4 is 0 Å². The number of pyridine rings is 1. The Kier molecular flexibility index (Phi) is 6.30. The van der Waals surface area contributed by atoms with Crippen LogP contribution in [0.3, 0.4) is 0 Å². The predicted molar refractivity (Wildman–Crippen MR) is 77.3 cm³/mol. The molecule has 0 aliphatic carbocycles. The molecule has 1 rings (SSSR count). The first-order chi connectivity index (χ1) is 8.57. The second-order valence-electron chi connectivity index (χ2n) is 5.70. The number of hydrogen-bond acceptors (Lipinski definition) is 3. The summed E-state index contributed by atoms with van der Waals surface area (Å²) in [5.41, 5.74) is 7.37. The summed E-state index contributed by atoms with van der Waals surface area (Å²) in [6.45, 7) is 10.7. The van der Waals surface area contributed by atoms with Crippen LogP contribution in [0, 0.1) is 5.41 Å². The van der Waals surface area contributed by atoms with Gasteiger partial charge in [-0.25, -0.2) is 0 Å². The standard InChI is InChI=1S/C15H27N3/c1-4-18(11-5-8-15(2,3)13-16)12-14-6-9-17-10-7-14/h6-7,9-10H,4-5,8,11-13,16H2,1-3H3. The van der Waals surface area contributed by atoms with Crippen LogP contribution in [-0.4, -0.2) is 29.5 Å². The third-order valence-corrected chi connectivity index (χ3v) is 3.48. The molecule has 0 unspecified atom stereocenters. The Morgan fingerprint density at radius 3 is 2.50 bits per heavy atom. The molecule has 2 N–H and O–H groups in total. The van der Waals surface area contributed by atoms with Crippen LogP contribution >= 0.6 is 0 Å². The molecule has 0 atom stereocenters. The lowest BCUT2D eigenvalue weighted by Crippen LogP contribution is -2.28. The van der Waals surface area contributed by atoms with E-state index in [0.29, 0.717) is 0 Å². The lowest BCUT2D eigenvalue weighted by molar-refractivity contribution is 0.246. The summed E-state index contributed by atoms with van der Waals surface area (Å²) >= 11 is 0. The summed E-state index contributed by atoms with van der Waals surface area (Å²) in [5.74, 6) is 0. The van der Waals surface area contributed by atoms with Gasteiger partial charge < -0.3 is 5.73 Å². The third kappa shape index (κ3) is 5.61. The second kappa shape index (κ2) is 7.49. The zero-order valence-electron chi connectivity index (χ0n) is 12.0. The maximum atomic E-state index is 5.76. The van der Waals surface area contributed by atoms with E-state index in [1.54, 1.807) is 0 Å². The highest BCUT2D eigenvalue weighted by molar-refractivity contribution is 5.09. The molecule has 18 heavy (non-hydrogen) atoms. The van der Waals surface area contributed by atoms with E-state index in [1.807, 2.05) is 12.4 Å². The lowest BCUT2D eigenvalue weighted by Gasteiger charge is -2.25. The molecule has 3 nitrogen and oxygen atoms in total. The molecule has 0 saturated carbocycles. The van der Waals surface area contributed by atoms with E-state index in [4.69, 9.17) is 5.73 Å². The van der Waals surface area contributed by atoms with Gasteiger partial charge in [-0.2, -0.15) is 0 Å². The number of nitrogens with two attached hydrogens (primary N) is 1. The van der Waals surface area contributed by atoms with E-state index >= 15 is 0 Å². The average Bonchev–Trinajstić information content (AvgIpc) is 2.38. The smallest absolute Gasteiger partial charge is 0.0271 e. The fraction of sp³-hybridized carbons (Fsp3) is 0.667. The van der Waals surface area contributed by atoms with Gasteiger partial charge in [-0.15, -0.1) is 0 Å². The van der Waals surface area contributed by atoms with Gasteiger partial charge in [-0.05, 0) is 55.6 Å². The molecule has 3 heteroatoms. The van der Waals surface area contributed by atoms with Gasteiger partial charge >= 0.3 is 0 Å². The van der Waals surface area contributed by atoms with Crippen LogP contribution in [0.15, 0.2) is 24.5 Å². The highest BCUT2D eigenvalue weighted by Gasteiger charge is 2.15. The summed E-state index contributed by atoms with van der Waals surface area (Å²) in [4.78, 5) is 6.53. The molecular weight excluding hydrogens is 222 g/mol. The maximum absolute atomic E-state index is 5.76. The van der Waals surface area contributed by atoms with Crippen LogP contribution in [0.25, 0.3) is 0 Å². The van der Waals surface area contributed by atoms with E-state index in [0.717, 1.165) is 26.2 Å². The molecule has 0 aromatic carbocycles. The van der Waals surface area contributed by atoms with Crippen molar-refractivity contribution in [3.05, 3.63) is 30.1 Å². The lowest BCUT2D eigenvalue weighted by atomic mass is 9.88. The van der Waals surface area contributed by atoms with Crippen molar-refractivity contribution < 1.29 is 0 Å². The highest BCUT2D eigenvalue weighted by Crippen LogP contribution is 2.20. The quantitative estimate of drug-likeness (QED) is 0.770. The Bertz CT molecular complexity index is 322. The highest BCUT2D eigenvalue weighted by atomic mass is 15.1. The van der Waals surface area contributed by atoms with Gasteiger partial charge in [0.25, 0.3) is 0 Å². The Balaban J connectivity index is 2.34. The van der Waals surface area contributed by atoms with Gasteiger partial charge in [-0.3, -0.25) is 9.88 Å². The molecule has 102 valence electrons. The first-order valence-corrected chi connectivity index (χ1v) is 6.89. The van der Waals surface area contributed by atoms with Crippen LogP contribution in [0.4, 0.5) is 0 Å². The Morgan fingerprint density at radius 1 is 1.28 bits per heavy atom. The van der Waals surface area contributed by atoms with Crippen molar-refractivity contribution in [2.75, 3.05) is 19.6 Å². The molecule has 1 aromatic heterocycles. The molecule has 0 amide bonds. The largest absolute Gasteiger partial charge is 0.330 e. The minimum atomic E-state index is 0.274. The fourth-order valence-corrected chi connectivity index (χ4v) is 1.98. The molecule has 1 aromatic rings. The summed E-state index contributed by atoms with van der Waals surface area (Å²) in [6.07, 6.45) is 6.13. The molecule has 0 fully saturated rings. The third-order valence-electron chi connectivity index (χ3n) is 3.48. The number of rotatable bonds is 8. The SMILES string of the molecule is CCN(CCCC(C)(C)CN)Cc1ccncc1.